The van der Waals surface area contributed by atoms with E-state index >= 15 is 0 Å². The monoisotopic (exact) mass is 234 g/mol. The third-order valence-electron chi connectivity index (χ3n) is 2.48. The molecule has 0 amide bonds. The van der Waals surface area contributed by atoms with Crippen molar-refractivity contribution in [2.45, 2.75) is 39.0 Å². The molecule has 0 unspecified atom stereocenters. The summed E-state index contributed by atoms with van der Waals surface area (Å²) >= 11 is 0. The molecule has 0 aliphatic heterocycles. The lowest BCUT2D eigenvalue weighted by Crippen LogP contribution is -2.01. The fraction of sp³-hybridized carbons (Fsp3) is 0.500. The Labute approximate surface area is 92.3 Å². The Balaban J connectivity index is 2.73. The van der Waals surface area contributed by atoms with Gasteiger partial charge in [0, 0.05) is 0 Å². The highest BCUT2D eigenvalue weighted by molar-refractivity contribution is 5.21. The first-order chi connectivity index (χ1) is 7.57. The summed E-state index contributed by atoms with van der Waals surface area (Å²) in [6.07, 6.45) is 3.77. The Kier molecular flexibility index (Phi) is 4.77. The van der Waals surface area contributed by atoms with Gasteiger partial charge in [-0.25, -0.2) is 17.6 Å². The molecule has 1 rings (SSSR count). The van der Waals surface area contributed by atoms with Crippen LogP contribution in [0.15, 0.2) is 6.07 Å². The normalized spacial score (nSPS) is 10.8. The molecule has 0 atom stereocenters. The van der Waals surface area contributed by atoms with E-state index in [0.717, 1.165) is 25.3 Å². The molecule has 0 aliphatic carbocycles. The highest BCUT2D eigenvalue weighted by Crippen LogP contribution is 2.20. The molecule has 0 aromatic heterocycles. The average molecular weight is 234 g/mol. The summed E-state index contributed by atoms with van der Waals surface area (Å²) in [5, 5.41) is 0. The minimum atomic E-state index is -1.74. The number of hydrogen-bond donors (Lipinski definition) is 0. The van der Waals surface area contributed by atoms with Crippen molar-refractivity contribution < 1.29 is 17.6 Å². The van der Waals surface area contributed by atoms with Crippen molar-refractivity contribution in [2.24, 2.45) is 0 Å². The van der Waals surface area contributed by atoms with Crippen molar-refractivity contribution >= 4 is 0 Å². The van der Waals surface area contributed by atoms with Gasteiger partial charge in [0.1, 0.15) is 0 Å². The predicted octanol–water partition coefficient (Wildman–Crippen LogP) is 4.37. The SMILES string of the molecule is CCCCCCc1cc(F)c(F)c(F)c1F. The third-order valence-corrected chi connectivity index (χ3v) is 2.48. The van der Waals surface area contributed by atoms with Gasteiger partial charge in [0.15, 0.2) is 23.3 Å². The molecule has 0 heterocycles. The Morgan fingerprint density at radius 2 is 1.56 bits per heavy atom. The van der Waals surface area contributed by atoms with E-state index < -0.39 is 23.3 Å². The molecular weight excluding hydrogens is 220 g/mol. The van der Waals surface area contributed by atoms with Crippen LogP contribution in [-0.4, -0.2) is 0 Å². The zero-order valence-electron chi connectivity index (χ0n) is 9.12. The van der Waals surface area contributed by atoms with Crippen LogP contribution in [-0.2, 0) is 6.42 Å². The van der Waals surface area contributed by atoms with Crippen molar-refractivity contribution in [1.82, 2.24) is 0 Å². The molecule has 0 saturated heterocycles. The van der Waals surface area contributed by atoms with Crippen molar-refractivity contribution in [1.29, 1.82) is 0 Å². The molecular formula is C12H14F4. The minimum absolute atomic E-state index is 0.0903. The Hall–Kier alpha value is -1.06. The maximum Gasteiger partial charge on any atom is 0.197 e. The van der Waals surface area contributed by atoms with Crippen molar-refractivity contribution in [3.05, 3.63) is 34.9 Å². The molecule has 0 nitrogen and oxygen atoms in total. The summed E-state index contributed by atoms with van der Waals surface area (Å²) in [6.45, 7) is 2.03. The summed E-state index contributed by atoms with van der Waals surface area (Å²) in [6, 6.07) is 0.736. The predicted molar refractivity (Wildman–Crippen MR) is 54.1 cm³/mol. The third kappa shape index (κ3) is 2.97. The molecule has 0 saturated carbocycles. The Morgan fingerprint density at radius 1 is 0.875 bits per heavy atom. The zero-order valence-corrected chi connectivity index (χ0v) is 9.12. The van der Waals surface area contributed by atoms with Gasteiger partial charge in [0.2, 0.25) is 0 Å². The van der Waals surface area contributed by atoms with Crippen LogP contribution in [0.3, 0.4) is 0 Å². The van der Waals surface area contributed by atoms with Gasteiger partial charge in [-0.1, -0.05) is 26.2 Å². The van der Waals surface area contributed by atoms with Crippen LogP contribution in [0, 0.1) is 23.3 Å². The number of halogens is 4. The Morgan fingerprint density at radius 3 is 2.19 bits per heavy atom. The molecule has 0 aliphatic rings. The number of benzene rings is 1. The first kappa shape index (κ1) is 13.0. The second-order valence-corrected chi connectivity index (χ2v) is 3.77. The maximum absolute atomic E-state index is 13.2. The van der Waals surface area contributed by atoms with Gasteiger partial charge in [-0.15, -0.1) is 0 Å². The summed E-state index contributed by atoms with van der Waals surface area (Å²) in [5.74, 6) is -6.06. The van der Waals surface area contributed by atoms with Gasteiger partial charge in [0.25, 0.3) is 0 Å². The van der Waals surface area contributed by atoms with E-state index in [1.165, 1.54) is 0 Å². The maximum atomic E-state index is 13.2. The lowest BCUT2D eigenvalue weighted by Gasteiger charge is -2.05. The molecule has 0 fully saturated rings. The van der Waals surface area contributed by atoms with E-state index in [0.29, 0.717) is 6.42 Å². The topological polar surface area (TPSA) is 0 Å². The van der Waals surface area contributed by atoms with E-state index in [1.807, 2.05) is 6.92 Å². The van der Waals surface area contributed by atoms with Crippen LogP contribution in [0.2, 0.25) is 0 Å². The second-order valence-electron chi connectivity index (χ2n) is 3.77. The summed E-state index contributed by atoms with van der Waals surface area (Å²) < 4.78 is 51.4. The first-order valence-corrected chi connectivity index (χ1v) is 5.39. The highest BCUT2D eigenvalue weighted by Gasteiger charge is 2.18. The molecule has 0 spiro atoms. The van der Waals surface area contributed by atoms with Gasteiger partial charge >= 0.3 is 0 Å². The largest absolute Gasteiger partial charge is 0.204 e. The van der Waals surface area contributed by atoms with Gasteiger partial charge in [-0.3, -0.25) is 0 Å². The molecule has 0 radical (unpaired) electrons. The van der Waals surface area contributed by atoms with Gasteiger partial charge in [-0.2, -0.15) is 0 Å². The summed E-state index contributed by atoms with van der Waals surface area (Å²) in [4.78, 5) is 0. The minimum Gasteiger partial charge on any atom is -0.204 e. The standard InChI is InChI=1S/C12H14F4/c1-2-3-4-5-6-8-7-9(13)11(15)12(16)10(8)14/h7H,2-6H2,1H3. The van der Waals surface area contributed by atoms with E-state index in [9.17, 15) is 17.6 Å². The number of unbranched alkanes of at least 4 members (excludes halogenated alkanes) is 3. The van der Waals surface area contributed by atoms with Crippen LogP contribution in [0.1, 0.15) is 38.2 Å². The first-order valence-electron chi connectivity index (χ1n) is 5.39. The molecule has 90 valence electrons. The van der Waals surface area contributed by atoms with Crippen LogP contribution in [0.4, 0.5) is 17.6 Å². The van der Waals surface area contributed by atoms with E-state index in [1.54, 1.807) is 0 Å². The lowest BCUT2D eigenvalue weighted by atomic mass is 10.1. The van der Waals surface area contributed by atoms with E-state index in [2.05, 4.69) is 0 Å². The number of aryl methyl sites for hydroxylation is 1. The van der Waals surface area contributed by atoms with Crippen LogP contribution in [0.25, 0.3) is 0 Å². The number of rotatable bonds is 5. The molecule has 0 bridgehead atoms. The molecule has 1 aromatic carbocycles. The molecule has 16 heavy (non-hydrogen) atoms. The fourth-order valence-corrected chi connectivity index (χ4v) is 1.55. The second kappa shape index (κ2) is 5.87. The van der Waals surface area contributed by atoms with Gasteiger partial charge in [0.05, 0.1) is 0 Å². The quantitative estimate of drug-likeness (QED) is 0.307. The van der Waals surface area contributed by atoms with E-state index in [-0.39, 0.29) is 12.0 Å². The fourth-order valence-electron chi connectivity index (χ4n) is 1.55. The van der Waals surface area contributed by atoms with Crippen molar-refractivity contribution in [2.75, 3.05) is 0 Å². The zero-order chi connectivity index (χ0) is 12.1. The van der Waals surface area contributed by atoms with E-state index in [4.69, 9.17) is 0 Å². The van der Waals surface area contributed by atoms with Gasteiger partial charge in [-0.05, 0) is 24.5 Å². The Bertz CT molecular complexity index is 361. The molecule has 1 aromatic rings. The highest BCUT2D eigenvalue weighted by atomic mass is 19.2. The van der Waals surface area contributed by atoms with Crippen LogP contribution < -0.4 is 0 Å². The summed E-state index contributed by atoms with van der Waals surface area (Å²) in [5.41, 5.74) is -0.0903. The van der Waals surface area contributed by atoms with Crippen molar-refractivity contribution in [3.8, 4) is 0 Å². The van der Waals surface area contributed by atoms with Crippen LogP contribution >= 0.6 is 0 Å². The smallest absolute Gasteiger partial charge is 0.197 e. The van der Waals surface area contributed by atoms with Crippen molar-refractivity contribution in [3.63, 3.8) is 0 Å². The van der Waals surface area contributed by atoms with Gasteiger partial charge < -0.3 is 0 Å². The molecule has 4 heteroatoms. The van der Waals surface area contributed by atoms with Crippen LogP contribution in [0.5, 0.6) is 0 Å². The summed E-state index contributed by atoms with van der Waals surface area (Å²) in [7, 11) is 0. The average Bonchev–Trinajstić information content (AvgIpc) is 2.28. The lowest BCUT2D eigenvalue weighted by molar-refractivity contribution is 0.403. The number of hydrogen-bond acceptors (Lipinski definition) is 0. The molecule has 0 N–H and O–H groups in total.